The van der Waals surface area contributed by atoms with Crippen LogP contribution in [0.25, 0.3) is 5.76 Å². The Morgan fingerprint density at radius 1 is 1.12 bits per heavy atom. The molecule has 3 heterocycles. The zero-order valence-corrected chi connectivity index (χ0v) is 18.0. The minimum Gasteiger partial charge on any atom is -0.507 e. The number of benzene rings is 2. The lowest BCUT2D eigenvalue weighted by molar-refractivity contribution is -0.132. The zero-order valence-electron chi connectivity index (χ0n) is 17.2. The van der Waals surface area contributed by atoms with E-state index in [9.17, 15) is 14.7 Å². The minimum atomic E-state index is -0.820. The Bertz CT molecular complexity index is 1290. The number of carbonyl (C=O) groups excluding carboxylic acids is 2. The Morgan fingerprint density at radius 3 is 2.69 bits per heavy atom. The van der Waals surface area contributed by atoms with Gasteiger partial charge in [0.05, 0.1) is 18.2 Å². The molecule has 5 rings (SSSR count). The monoisotopic (exact) mass is 446 g/mol. The number of amides is 1. The third kappa shape index (κ3) is 3.24. The van der Waals surface area contributed by atoms with E-state index in [0.717, 1.165) is 23.3 Å². The van der Waals surface area contributed by atoms with Crippen LogP contribution in [-0.4, -0.2) is 28.4 Å². The summed E-state index contributed by atoms with van der Waals surface area (Å²) in [5.41, 5.74) is 3.40. The Labute approximate surface area is 189 Å². The van der Waals surface area contributed by atoms with Crippen LogP contribution in [0.1, 0.15) is 28.3 Å². The Balaban J connectivity index is 1.73. The highest BCUT2D eigenvalue weighted by atomic mass is 35.5. The molecule has 2 aliphatic rings. The highest BCUT2D eigenvalue weighted by Gasteiger charge is 2.47. The first-order valence-corrected chi connectivity index (χ1v) is 10.6. The molecule has 6 nitrogen and oxygen atoms in total. The lowest BCUT2D eigenvalue weighted by atomic mass is 9.95. The number of rotatable bonds is 3. The van der Waals surface area contributed by atoms with Crippen LogP contribution in [0.3, 0.4) is 0 Å². The van der Waals surface area contributed by atoms with E-state index in [1.807, 2.05) is 6.92 Å². The topological polar surface area (TPSA) is 79.7 Å². The summed E-state index contributed by atoms with van der Waals surface area (Å²) in [6.07, 6.45) is 3.90. The van der Waals surface area contributed by atoms with E-state index in [2.05, 4.69) is 4.98 Å². The molecular formula is C25H19ClN2O4. The van der Waals surface area contributed by atoms with Gasteiger partial charge in [-0.1, -0.05) is 17.7 Å². The van der Waals surface area contributed by atoms with Crippen molar-refractivity contribution >= 4 is 34.7 Å². The van der Waals surface area contributed by atoms with Gasteiger partial charge in [-0.2, -0.15) is 0 Å². The highest BCUT2D eigenvalue weighted by Crippen LogP contribution is 2.44. The molecular weight excluding hydrogens is 428 g/mol. The van der Waals surface area contributed by atoms with Crippen molar-refractivity contribution in [2.75, 3.05) is 11.5 Å². The fourth-order valence-electron chi connectivity index (χ4n) is 4.27. The van der Waals surface area contributed by atoms with Gasteiger partial charge in [-0.25, -0.2) is 0 Å². The van der Waals surface area contributed by atoms with Crippen LogP contribution in [0.4, 0.5) is 5.69 Å². The van der Waals surface area contributed by atoms with Crippen molar-refractivity contribution in [3.63, 3.8) is 0 Å². The van der Waals surface area contributed by atoms with Crippen LogP contribution in [-0.2, 0) is 16.0 Å². The maximum absolute atomic E-state index is 13.2. The summed E-state index contributed by atoms with van der Waals surface area (Å²) >= 11 is 6.22. The summed E-state index contributed by atoms with van der Waals surface area (Å²) in [6.45, 7) is 2.42. The second-order valence-electron chi connectivity index (χ2n) is 7.80. The van der Waals surface area contributed by atoms with Crippen molar-refractivity contribution in [2.45, 2.75) is 19.4 Å². The first-order chi connectivity index (χ1) is 15.5. The van der Waals surface area contributed by atoms with E-state index in [4.69, 9.17) is 16.3 Å². The lowest BCUT2D eigenvalue weighted by Crippen LogP contribution is -2.30. The number of ether oxygens (including phenoxy) is 1. The second-order valence-corrected chi connectivity index (χ2v) is 8.24. The van der Waals surface area contributed by atoms with Crippen molar-refractivity contribution in [1.29, 1.82) is 0 Å². The summed E-state index contributed by atoms with van der Waals surface area (Å²) in [4.78, 5) is 31.9. The summed E-state index contributed by atoms with van der Waals surface area (Å²) in [5, 5.41) is 11.7. The summed E-state index contributed by atoms with van der Waals surface area (Å²) < 4.78 is 5.54. The Morgan fingerprint density at radius 2 is 1.91 bits per heavy atom. The van der Waals surface area contributed by atoms with Crippen LogP contribution >= 0.6 is 11.6 Å². The molecule has 32 heavy (non-hydrogen) atoms. The van der Waals surface area contributed by atoms with E-state index >= 15 is 0 Å². The fraction of sp³-hybridized carbons (Fsp3) is 0.160. The van der Waals surface area contributed by atoms with E-state index in [-0.39, 0.29) is 11.3 Å². The molecule has 1 aromatic heterocycles. The smallest absolute Gasteiger partial charge is 0.300 e. The minimum absolute atomic E-state index is 0.0273. The van der Waals surface area contributed by atoms with Gasteiger partial charge in [0, 0.05) is 35.1 Å². The maximum Gasteiger partial charge on any atom is 0.300 e. The third-order valence-corrected chi connectivity index (χ3v) is 6.09. The number of ketones is 1. The van der Waals surface area contributed by atoms with Gasteiger partial charge < -0.3 is 9.84 Å². The highest BCUT2D eigenvalue weighted by molar-refractivity contribution is 6.52. The third-order valence-electron chi connectivity index (χ3n) is 5.86. The normalized spacial score (nSPS) is 19.2. The van der Waals surface area contributed by atoms with Crippen LogP contribution in [0, 0.1) is 6.92 Å². The van der Waals surface area contributed by atoms with Gasteiger partial charge in [0.1, 0.15) is 11.5 Å². The summed E-state index contributed by atoms with van der Waals surface area (Å²) in [5.74, 6) is -0.923. The average molecular weight is 447 g/mol. The first-order valence-electron chi connectivity index (χ1n) is 10.2. The van der Waals surface area contributed by atoms with Crippen molar-refractivity contribution in [1.82, 2.24) is 4.98 Å². The zero-order chi connectivity index (χ0) is 22.4. The van der Waals surface area contributed by atoms with Gasteiger partial charge in [-0.3, -0.25) is 19.5 Å². The second kappa shape index (κ2) is 7.80. The number of aromatic nitrogens is 1. The van der Waals surface area contributed by atoms with Crippen LogP contribution in [0.5, 0.6) is 5.75 Å². The predicted octanol–water partition coefficient (Wildman–Crippen LogP) is 4.60. The number of hydrogen-bond donors (Lipinski definition) is 1. The first kappa shape index (κ1) is 20.3. The predicted molar refractivity (Wildman–Crippen MR) is 121 cm³/mol. The van der Waals surface area contributed by atoms with E-state index in [0.29, 0.717) is 28.4 Å². The molecule has 2 aromatic carbocycles. The molecule has 3 aromatic rings. The number of aliphatic hydroxyl groups is 1. The quantitative estimate of drug-likeness (QED) is 0.361. The van der Waals surface area contributed by atoms with Crippen LogP contribution < -0.4 is 9.64 Å². The molecule has 0 saturated carbocycles. The van der Waals surface area contributed by atoms with Gasteiger partial charge in [0.15, 0.2) is 0 Å². The standard InChI is InChI=1S/C25H19ClN2O4/c1-14-2-4-18(26)13-19(14)28-22(15-6-9-27-10-7-15)21(24(30)25(28)31)23(29)17-3-5-20-16(12-17)8-11-32-20/h2-7,9-10,12-13,22,29H,8,11H2,1H3/b23-21-. The number of aryl methyl sites for hydroxylation is 1. The molecule has 1 amide bonds. The lowest BCUT2D eigenvalue weighted by Gasteiger charge is -2.27. The van der Waals surface area contributed by atoms with Crippen LogP contribution in [0.2, 0.25) is 5.02 Å². The molecule has 0 spiro atoms. The summed E-state index contributed by atoms with van der Waals surface area (Å²) in [7, 11) is 0. The largest absolute Gasteiger partial charge is 0.507 e. The molecule has 2 aliphatic heterocycles. The van der Waals surface area contributed by atoms with Gasteiger partial charge in [0.2, 0.25) is 0 Å². The van der Waals surface area contributed by atoms with Crippen molar-refractivity contribution < 1.29 is 19.4 Å². The molecule has 0 radical (unpaired) electrons. The molecule has 1 fully saturated rings. The average Bonchev–Trinajstić information content (AvgIpc) is 3.38. The molecule has 1 saturated heterocycles. The Hall–Kier alpha value is -3.64. The number of anilines is 1. The summed E-state index contributed by atoms with van der Waals surface area (Å²) in [6, 6.07) is 13.1. The molecule has 1 unspecified atom stereocenters. The molecule has 160 valence electrons. The van der Waals surface area contributed by atoms with Gasteiger partial charge in [0.25, 0.3) is 11.7 Å². The number of carbonyl (C=O) groups is 2. The molecule has 0 bridgehead atoms. The number of fused-ring (bicyclic) bond motifs is 1. The van der Waals surface area contributed by atoms with Crippen molar-refractivity contribution in [3.05, 3.63) is 93.8 Å². The number of hydrogen-bond acceptors (Lipinski definition) is 5. The van der Waals surface area contributed by atoms with Gasteiger partial charge in [-0.15, -0.1) is 0 Å². The SMILES string of the molecule is Cc1ccc(Cl)cc1N1C(=O)C(=O)/C(=C(\O)c2ccc3c(c2)CCO3)C1c1ccncc1. The number of pyridine rings is 1. The van der Waals surface area contributed by atoms with Crippen LogP contribution in [0.15, 0.2) is 66.5 Å². The van der Waals surface area contributed by atoms with E-state index < -0.39 is 17.7 Å². The van der Waals surface area contributed by atoms with E-state index in [1.54, 1.807) is 60.9 Å². The molecule has 1 N–H and O–H groups in total. The Kier molecular flexibility index (Phi) is 4.94. The number of aliphatic hydroxyl groups excluding tert-OH is 1. The van der Waals surface area contributed by atoms with Gasteiger partial charge in [-0.05, 0) is 66.1 Å². The van der Waals surface area contributed by atoms with Crippen molar-refractivity contribution in [2.24, 2.45) is 0 Å². The maximum atomic E-state index is 13.2. The molecule has 7 heteroatoms. The van der Waals surface area contributed by atoms with Crippen molar-refractivity contribution in [3.8, 4) is 5.75 Å². The van der Waals surface area contributed by atoms with E-state index in [1.165, 1.54) is 4.90 Å². The van der Waals surface area contributed by atoms with Gasteiger partial charge >= 0.3 is 0 Å². The molecule has 0 aliphatic carbocycles. The number of halogens is 1. The molecule has 1 atom stereocenters. The number of nitrogens with zero attached hydrogens (tertiary/aromatic N) is 2. The number of Topliss-reactive ketones (excluding diaryl/α,β-unsaturated/α-hetero) is 1. The fourth-order valence-corrected chi connectivity index (χ4v) is 4.44.